The summed E-state index contributed by atoms with van der Waals surface area (Å²) in [6, 6.07) is 14.2. The van der Waals surface area contributed by atoms with E-state index in [9.17, 15) is 0 Å². The van der Waals surface area contributed by atoms with Gasteiger partial charge in [0.1, 0.15) is 5.75 Å². The lowest BCUT2D eigenvalue weighted by Crippen LogP contribution is -2.03. The third kappa shape index (κ3) is 3.99. The maximum Gasteiger partial charge on any atom is 0.122 e. The fraction of sp³-hybridized carbons (Fsp3) is 0.250. The van der Waals surface area contributed by atoms with Gasteiger partial charge in [0.25, 0.3) is 0 Å². The molecule has 0 spiro atoms. The van der Waals surface area contributed by atoms with Gasteiger partial charge in [-0.25, -0.2) is 0 Å². The van der Waals surface area contributed by atoms with Crippen LogP contribution < -0.4 is 10.1 Å². The van der Waals surface area contributed by atoms with Gasteiger partial charge in [0.2, 0.25) is 0 Å². The molecule has 2 aromatic rings. The average Bonchev–Trinajstić information content (AvgIpc) is 2.46. The number of ether oxygens (including phenoxy) is 2. The van der Waals surface area contributed by atoms with Gasteiger partial charge in [0.15, 0.2) is 0 Å². The first-order valence-corrected chi connectivity index (χ1v) is 7.16. The van der Waals surface area contributed by atoms with Crippen LogP contribution in [0.2, 0.25) is 0 Å². The molecular formula is C16H18BrNO2. The highest BCUT2D eigenvalue weighted by Crippen LogP contribution is 2.25. The number of hydrogen-bond donors (Lipinski definition) is 1. The average molecular weight is 336 g/mol. The molecule has 0 saturated carbocycles. The van der Waals surface area contributed by atoms with E-state index in [0.717, 1.165) is 22.5 Å². The van der Waals surface area contributed by atoms with Crippen molar-refractivity contribution in [2.24, 2.45) is 0 Å². The van der Waals surface area contributed by atoms with E-state index in [-0.39, 0.29) is 0 Å². The molecule has 0 radical (unpaired) electrons. The Hall–Kier alpha value is -1.52. The van der Waals surface area contributed by atoms with Crippen molar-refractivity contribution < 1.29 is 9.47 Å². The first-order valence-electron chi connectivity index (χ1n) is 6.37. The van der Waals surface area contributed by atoms with E-state index >= 15 is 0 Å². The molecule has 0 aromatic heterocycles. The zero-order valence-electron chi connectivity index (χ0n) is 11.7. The summed E-state index contributed by atoms with van der Waals surface area (Å²) in [6.45, 7) is 1.37. The van der Waals surface area contributed by atoms with Crippen LogP contribution in [0.1, 0.15) is 11.1 Å². The molecular weight excluding hydrogens is 318 g/mol. The van der Waals surface area contributed by atoms with Gasteiger partial charge in [0, 0.05) is 29.9 Å². The molecule has 0 heterocycles. The SMILES string of the molecule is COCc1ccccc1CNc1cc(Br)cc(OC)c1. The summed E-state index contributed by atoms with van der Waals surface area (Å²) < 4.78 is 11.5. The molecule has 0 atom stereocenters. The van der Waals surface area contributed by atoms with Crippen LogP contribution in [0.4, 0.5) is 5.69 Å². The van der Waals surface area contributed by atoms with Gasteiger partial charge in [-0.2, -0.15) is 0 Å². The van der Waals surface area contributed by atoms with Crippen LogP contribution in [0.5, 0.6) is 5.75 Å². The Kier molecular flexibility index (Phi) is 5.44. The molecule has 0 unspecified atom stereocenters. The van der Waals surface area contributed by atoms with Gasteiger partial charge in [-0.05, 0) is 23.3 Å². The van der Waals surface area contributed by atoms with Crippen molar-refractivity contribution in [3.8, 4) is 5.75 Å². The summed E-state index contributed by atoms with van der Waals surface area (Å²) in [5, 5.41) is 3.41. The molecule has 0 aliphatic carbocycles. The van der Waals surface area contributed by atoms with Crippen LogP contribution in [-0.4, -0.2) is 14.2 Å². The summed E-state index contributed by atoms with van der Waals surface area (Å²) in [4.78, 5) is 0. The van der Waals surface area contributed by atoms with E-state index in [0.29, 0.717) is 6.61 Å². The molecule has 0 bridgehead atoms. The van der Waals surface area contributed by atoms with Gasteiger partial charge < -0.3 is 14.8 Å². The Bertz CT molecular complexity index is 572. The Labute approximate surface area is 128 Å². The lowest BCUT2D eigenvalue weighted by Gasteiger charge is -2.12. The minimum absolute atomic E-state index is 0.625. The van der Waals surface area contributed by atoms with E-state index in [2.05, 4.69) is 33.4 Å². The number of rotatable bonds is 6. The summed E-state index contributed by atoms with van der Waals surface area (Å²) in [7, 11) is 3.38. The predicted molar refractivity (Wildman–Crippen MR) is 85.2 cm³/mol. The van der Waals surface area contributed by atoms with E-state index in [1.807, 2.05) is 30.3 Å². The fourth-order valence-corrected chi connectivity index (χ4v) is 2.48. The zero-order valence-corrected chi connectivity index (χ0v) is 13.2. The highest BCUT2D eigenvalue weighted by molar-refractivity contribution is 9.10. The molecule has 0 fully saturated rings. The number of hydrogen-bond acceptors (Lipinski definition) is 3. The third-order valence-electron chi connectivity index (χ3n) is 3.01. The second-order valence-electron chi connectivity index (χ2n) is 4.44. The zero-order chi connectivity index (χ0) is 14.4. The molecule has 20 heavy (non-hydrogen) atoms. The summed E-state index contributed by atoms with van der Waals surface area (Å²) in [5.74, 6) is 0.826. The topological polar surface area (TPSA) is 30.5 Å². The Balaban J connectivity index is 2.10. The monoisotopic (exact) mass is 335 g/mol. The lowest BCUT2D eigenvalue weighted by atomic mass is 10.1. The minimum atomic E-state index is 0.625. The van der Waals surface area contributed by atoms with Gasteiger partial charge in [-0.15, -0.1) is 0 Å². The van der Waals surface area contributed by atoms with Gasteiger partial charge in [-0.1, -0.05) is 40.2 Å². The smallest absolute Gasteiger partial charge is 0.122 e. The molecule has 3 nitrogen and oxygen atoms in total. The Morgan fingerprint density at radius 3 is 2.50 bits per heavy atom. The normalized spacial score (nSPS) is 10.3. The minimum Gasteiger partial charge on any atom is -0.497 e. The molecule has 4 heteroatoms. The number of methoxy groups -OCH3 is 2. The van der Waals surface area contributed by atoms with Crippen LogP contribution in [0.3, 0.4) is 0 Å². The molecule has 0 aliphatic rings. The molecule has 2 aromatic carbocycles. The van der Waals surface area contributed by atoms with Crippen LogP contribution in [-0.2, 0) is 17.9 Å². The van der Waals surface area contributed by atoms with E-state index in [1.54, 1.807) is 14.2 Å². The van der Waals surface area contributed by atoms with Crippen molar-refractivity contribution in [3.63, 3.8) is 0 Å². The highest BCUT2D eigenvalue weighted by Gasteiger charge is 2.03. The summed E-state index contributed by atoms with van der Waals surface area (Å²) in [6.07, 6.45) is 0. The third-order valence-corrected chi connectivity index (χ3v) is 3.47. The molecule has 1 N–H and O–H groups in total. The van der Waals surface area contributed by atoms with Gasteiger partial charge in [0.05, 0.1) is 13.7 Å². The molecule has 2 rings (SSSR count). The predicted octanol–water partition coefficient (Wildman–Crippen LogP) is 4.22. The van der Waals surface area contributed by atoms with Crippen molar-refractivity contribution in [1.82, 2.24) is 0 Å². The van der Waals surface area contributed by atoms with Crippen LogP contribution >= 0.6 is 15.9 Å². The number of anilines is 1. The first-order chi connectivity index (χ1) is 9.72. The van der Waals surface area contributed by atoms with Gasteiger partial charge in [-0.3, -0.25) is 0 Å². The summed E-state index contributed by atoms with van der Waals surface area (Å²) in [5.41, 5.74) is 3.45. The number of benzene rings is 2. The second kappa shape index (κ2) is 7.31. The quantitative estimate of drug-likeness (QED) is 0.857. The van der Waals surface area contributed by atoms with Crippen LogP contribution in [0.25, 0.3) is 0 Å². The van der Waals surface area contributed by atoms with Crippen molar-refractivity contribution in [3.05, 3.63) is 58.1 Å². The number of halogens is 1. The second-order valence-corrected chi connectivity index (χ2v) is 5.35. The fourth-order valence-electron chi connectivity index (χ4n) is 2.01. The number of nitrogens with one attached hydrogen (secondary N) is 1. The maximum atomic E-state index is 5.26. The Morgan fingerprint density at radius 1 is 1.05 bits per heavy atom. The van der Waals surface area contributed by atoms with Gasteiger partial charge >= 0.3 is 0 Å². The Morgan fingerprint density at radius 2 is 1.80 bits per heavy atom. The van der Waals surface area contributed by atoms with E-state index in [4.69, 9.17) is 9.47 Å². The summed E-state index contributed by atoms with van der Waals surface area (Å²) >= 11 is 3.48. The molecule has 0 saturated heterocycles. The van der Waals surface area contributed by atoms with Crippen molar-refractivity contribution in [2.75, 3.05) is 19.5 Å². The molecule has 0 amide bonds. The van der Waals surface area contributed by atoms with Crippen molar-refractivity contribution in [2.45, 2.75) is 13.2 Å². The standard InChI is InChI=1S/C16H18BrNO2/c1-19-11-13-6-4-3-5-12(13)10-18-15-7-14(17)8-16(9-15)20-2/h3-9,18H,10-11H2,1-2H3. The van der Waals surface area contributed by atoms with Crippen molar-refractivity contribution >= 4 is 21.6 Å². The first kappa shape index (κ1) is 14.9. The van der Waals surface area contributed by atoms with E-state index < -0.39 is 0 Å². The highest BCUT2D eigenvalue weighted by atomic mass is 79.9. The maximum absolute atomic E-state index is 5.26. The lowest BCUT2D eigenvalue weighted by molar-refractivity contribution is 0.184. The molecule has 106 valence electrons. The largest absolute Gasteiger partial charge is 0.497 e. The molecule has 0 aliphatic heterocycles. The van der Waals surface area contributed by atoms with Crippen LogP contribution in [0.15, 0.2) is 46.9 Å². The van der Waals surface area contributed by atoms with Crippen molar-refractivity contribution in [1.29, 1.82) is 0 Å². The van der Waals surface area contributed by atoms with E-state index in [1.165, 1.54) is 11.1 Å². The van der Waals surface area contributed by atoms with Crippen LogP contribution in [0, 0.1) is 0 Å².